The average molecular weight is 212 g/mol. The lowest BCUT2D eigenvalue weighted by Crippen LogP contribution is -2.34. The Hall–Kier alpha value is -0.570. The lowest BCUT2D eigenvalue weighted by Gasteiger charge is -2.27. The van der Waals surface area contributed by atoms with Gasteiger partial charge in [-0.2, -0.15) is 0 Å². The molecule has 0 saturated heterocycles. The number of hydrogen-bond acceptors (Lipinski definition) is 2. The van der Waals surface area contributed by atoms with Crippen LogP contribution in [0.3, 0.4) is 0 Å². The van der Waals surface area contributed by atoms with E-state index in [1.54, 1.807) is 0 Å². The van der Waals surface area contributed by atoms with Crippen LogP contribution < -0.4 is 10.6 Å². The maximum absolute atomic E-state index is 11.7. The predicted octanol–water partition coefficient (Wildman–Crippen LogP) is 1.54. The zero-order valence-corrected chi connectivity index (χ0v) is 10.0. The van der Waals surface area contributed by atoms with Crippen molar-refractivity contribution in [3.05, 3.63) is 0 Å². The standard InChI is InChI=1S/C12H24N2O/c1-3-8-14-12(15)11-6-4-10(5-7-11)9-13-2/h10-11,13H,3-9H2,1-2H3,(H,14,15). The van der Waals surface area contributed by atoms with Gasteiger partial charge in [0, 0.05) is 12.5 Å². The van der Waals surface area contributed by atoms with Crippen molar-refractivity contribution in [2.75, 3.05) is 20.1 Å². The van der Waals surface area contributed by atoms with Crippen LogP contribution in [0, 0.1) is 11.8 Å². The molecule has 1 aliphatic rings. The van der Waals surface area contributed by atoms with Gasteiger partial charge in [0.15, 0.2) is 0 Å². The highest BCUT2D eigenvalue weighted by atomic mass is 16.1. The van der Waals surface area contributed by atoms with E-state index in [0.29, 0.717) is 0 Å². The molecule has 3 heteroatoms. The fourth-order valence-electron chi connectivity index (χ4n) is 2.31. The van der Waals surface area contributed by atoms with Crippen molar-refractivity contribution in [2.24, 2.45) is 11.8 Å². The zero-order chi connectivity index (χ0) is 11.1. The van der Waals surface area contributed by atoms with E-state index in [2.05, 4.69) is 17.6 Å². The first-order chi connectivity index (χ1) is 7.27. The van der Waals surface area contributed by atoms with Crippen LogP contribution in [-0.2, 0) is 4.79 Å². The van der Waals surface area contributed by atoms with E-state index in [-0.39, 0.29) is 11.8 Å². The summed E-state index contributed by atoms with van der Waals surface area (Å²) >= 11 is 0. The van der Waals surface area contributed by atoms with Crippen molar-refractivity contribution in [3.63, 3.8) is 0 Å². The monoisotopic (exact) mass is 212 g/mol. The van der Waals surface area contributed by atoms with Crippen LogP contribution in [0.2, 0.25) is 0 Å². The van der Waals surface area contributed by atoms with E-state index >= 15 is 0 Å². The minimum Gasteiger partial charge on any atom is -0.356 e. The number of rotatable bonds is 5. The van der Waals surface area contributed by atoms with Crippen molar-refractivity contribution >= 4 is 5.91 Å². The van der Waals surface area contributed by atoms with E-state index in [9.17, 15) is 4.79 Å². The molecule has 0 bridgehead atoms. The third kappa shape index (κ3) is 4.20. The van der Waals surface area contributed by atoms with Gasteiger partial charge in [-0.1, -0.05) is 6.92 Å². The third-order valence-corrected chi connectivity index (χ3v) is 3.26. The first-order valence-electron chi connectivity index (χ1n) is 6.20. The fourth-order valence-corrected chi connectivity index (χ4v) is 2.31. The normalized spacial score (nSPS) is 26.3. The molecule has 15 heavy (non-hydrogen) atoms. The molecule has 0 aromatic heterocycles. The molecule has 1 rings (SSSR count). The Balaban J connectivity index is 2.21. The van der Waals surface area contributed by atoms with Crippen molar-refractivity contribution < 1.29 is 4.79 Å². The summed E-state index contributed by atoms with van der Waals surface area (Å²) in [5, 5.41) is 6.21. The summed E-state index contributed by atoms with van der Waals surface area (Å²) in [7, 11) is 2.00. The summed E-state index contributed by atoms with van der Waals surface area (Å²) in [5.41, 5.74) is 0. The van der Waals surface area contributed by atoms with Crippen molar-refractivity contribution in [1.29, 1.82) is 0 Å². The Bertz CT molecular complexity index is 186. The molecular formula is C12H24N2O. The minimum absolute atomic E-state index is 0.278. The molecule has 2 N–H and O–H groups in total. The molecule has 1 fully saturated rings. The first kappa shape index (κ1) is 12.5. The highest BCUT2D eigenvalue weighted by Gasteiger charge is 2.25. The van der Waals surface area contributed by atoms with E-state index in [1.165, 1.54) is 12.8 Å². The second-order valence-corrected chi connectivity index (χ2v) is 4.57. The molecule has 88 valence electrons. The van der Waals surface area contributed by atoms with Crippen LogP contribution in [0.5, 0.6) is 0 Å². The van der Waals surface area contributed by atoms with Gasteiger partial charge in [0.2, 0.25) is 5.91 Å². The van der Waals surface area contributed by atoms with E-state index in [1.807, 2.05) is 7.05 Å². The lowest BCUT2D eigenvalue weighted by molar-refractivity contribution is -0.126. The summed E-state index contributed by atoms with van der Waals surface area (Å²) in [5.74, 6) is 1.34. The molecule has 0 aromatic carbocycles. The topological polar surface area (TPSA) is 41.1 Å². The molecule has 0 unspecified atom stereocenters. The van der Waals surface area contributed by atoms with Gasteiger partial charge in [0.1, 0.15) is 0 Å². The molecule has 1 aliphatic carbocycles. The van der Waals surface area contributed by atoms with Crippen LogP contribution in [0.25, 0.3) is 0 Å². The van der Waals surface area contributed by atoms with Crippen LogP contribution in [0.4, 0.5) is 0 Å². The number of hydrogen-bond donors (Lipinski definition) is 2. The smallest absolute Gasteiger partial charge is 0.223 e. The van der Waals surface area contributed by atoms with Gasteiger partial charge < -0.3 is 10.6 Å². The quantitative estimate of drug-likeness (QED) is 0.726. The summed E-state index contributed by atoms with van der Waals surface area (Å²) < 4.78 is 0. The molecular weight excluding hydrogens is 188 g/mol. The first-order valence-corrected chi connectivity index (χ1v) is 6.20. The molecule has 0 heterocycles. The molecule has 0 aromatic rings. The van der Waals surface area contributed by atoms with Gasteiger partial charge in [0.05, 0.1) is 0 Å². The summed E-state index contributed by atoms with van der Waals surface area (Å²) in [6, 6.07) is 0. The van der Waals surface area contributed by atoms with Gasteiger partial charge in [-0.15, -0.1) is 0 Å². The molecule has 0 radical (unpaired) electrons. The minimum atomic E-state index is 0.278. The number of carbonyl (C=O) groups is 1. The fraction of sp³-hybridized carbons (Fsp3) is 0.917. The van der Waals surface area contributed by atoms with Crippen LogP contribution >= 0.6 is 0 Å². The predicted molar refractivity (Wildman–Crippen MR) is 62.7 cm³/mol. The summed E-state index contributed by atoms with van der Waals surface area (Å²) in [6.07, 6.45) is 5.57. The molecule has 0 spiro atoms. The van der Waals surface area contributed by atoms with Gasteiger partial charge in [-0.3, -0.25) is 4.79 Å². The third-order valence-electron chi connectivity index (χ3n) is 3.26. The van der Waals surface area contributed by atoms with Crippen molar-refractivity contribution in [1.82, 2.24) is 10.6 Å². The molecule has 1 amide bonds. The molecule has 1 saturated carbocycles. The summed E-state index contributed by atoms with van der Waals surface area (Å²) in [6.45, 7) is 4.02. The van der Waals surface area contributed by atoms with Crippen molar-refractivity contribution in [2.45, 2.75) is 39.0 Å². The second-order valence-electron chi connectivity index (χ2n) is 4.57. The van der Waals surface area contributed by atoms with E-state index in [4.69, 9.17) is 0 Å². The number of nitrogens with one attached hydrogen (secondary N) is 2. The Kier molecular flexibility index (Phi) is 5.69. The Morgan fingerprint density at radius 2 is 1.93 bits per heavy atom. The van der Waals surface area contributed by atoms with Crippen LogP contribution in [0.1, 0.15) is 39.0 Å². The second kappa shape index (κ2) is 6.83. The largest absolute Gasteiger partial charge is 0.356 e. The SMILES string of the molecule is CCCNC(=O)C1CCC(CNC)CC1. The number of carbonyl (C=O) groups excluding carboxylic acids is 1. The van der Waals surface area contributed by atoms with Crippen LogP contribution in [-0.4, -0.2) is 26.0 Å². The Morgan fingerprint density at radius 1 is 1.27 bits per heavy atom. The number of amides is 1. The Morgan fingerprint density at radius 3 is 2.47 bits per heavy atom. The van der Waals surface area contributed by atoms with Crippen molar-refractivity contribution in [3.8, 4) is 0 Å². The van der Waals surface area contributed by atoms with Gasteiger partial charge in [0.25, 0.3) is 0 Å². The lowest BCUT2D eigenvalue weighted by atomic mass is 9.81. The molecule has 3 nitrogen and oxygen atoms in total. The van der Waals surface area contributed by atoms with Gasteiger partial charge >= 0.3 is 0 Å². The average Bonchev–Trinajstić information content (AvgIpc) is 2.27. The zero-order valence-electron chi connectivity index (χ0n) is 10.0. The molecule has 0 aliphatic heterocycles. The van der Waals surface area contributed by atoms with Gasteiger partial charge in [-0.25, -0.2) is 0 Å². The maximum Gasteiger partial charge on any atom is 0.223 e. The van der Waals surface area contributed by atoms with Crippen LogP contribution in [0.15, 0.2) is 0 Å². The van der Waals surface area contributed by atoms with Gasteiger partial charge in [-0.05, 0) is 51.6 Å². The van der Waals surface area contributed by atoms with E-state index < -0.39 is 0 Å². The Labute approximate surface area is 93.0 Å². The van der Waals surface area contributed by atoms with E-state index in [0.717, 1.165) is 38.3 Å². The molecule has 0 atom stereocenters. The maximum atomic E-state index is 11.7. The summed E-state index contributed by atoms with van der Waals surface area (Å²) in [4.78, 5) is 11.7. The highest BCUT2D eigenvalue weighted by molar-refractivity contribution is 5.78. The highest BCUT2D eigenvalue weighted by Crippen LogP contribution is 2.28.